The summed E-state index contributed by atoms with van der Waals surface area (Å²) in [5.74, 6) is 0. The number of hydrogen-bond donors (Lipinski definition) is 1. The lowest BCUT2D eigenvalue weighted by Gasteiger charge is -2.11. The molecule has 1 saturated carbocycles. The summed E-state index contributed by atoms with van der Waals surface area (Å²) in [5, 5.41) is 8.49. The molecule has 1 aliphatic rings. The molecule has 0 heterocycles. The van der Waals surface area contributed by atoms with E-state index >= 15 is 0 Å². The Morgan fingerprint density at radius 3 is 2.50 bits per heavy atom. The quantitative estimate of drug-likeness (QED) is 0.619. The smallest absolute Gasteiger partial charge is 0.0626 e. The third-order valence-electron chi connectivity index (χ3n) is 1.87. The van der Waals surface area contributed by atoms with Crippen LogP contribution in [-0.2, 0) is 0 Å². The predicted molar refractivity (Wildman–Crippen MR) is 42.5 cm³/mol. The lowest BCUT2D eigenvalue weighted by atomic mass is 9.99. The van der Waals surface area contributed by atoms with E-state index < -0.39 is 0 Å². The zero-order valence-electron chi connectivity index (χ0n) is 6.34. The maximum Gasteiger partial charge on any atom is 0.0626 e. The van der Waals surface area contributed by atoms with Crippen LogP contribution in [0.3, 0.4) is 0 Å². The van der Waals surface area contributed by atoms with Gasteiger partial charge in [0.25, 0.3) is 0 Å². The average Bonchev–Trinajstić information content (AvgIpc) is 2.03. The zero-order chi connectivity index (χ0) is 7.23. The van der Waals surface area contributed by atoms with Crippen LogP contribution in [0, 0.1) is 0 Å². The molecule has 1 fully saturated rings. The molecule has 0 bridgehead atoms. The monoisotopic (exact) mass is 141 g/mol. The molecule has 10 heavy (non-hydrogen) atoms. The van der Waals surface area contributed by atoms with Crippen molar-refractivity contribution in [3.05, 3.63) is 0 Å². The fourth-order valence-corrected chi connectivity index (χ4v) is 1.33. The van der Waals surface area contributed by atoms with Crippen molar-refractivity contribution in [1.29, 1.82) is 0 Å². The van der Waals surface area contributed by atoms with Crippen molar-refractivity contribution in [2.24, 2.45) is 4.99 Å². The first kappa shape index (κ1) is 7.73. The maximum absolute atomic E-state index is 8.49. The Balaban J connectivity index is 2.23. The summed E-state index contributed by atoms with van der Waals surface area (Å²) in [4.78, 5) is 4.27. The second kappa shape index (κ2) is 4.45. The molecule has 1 N–H and O–H groups in total. The fourth-order valence-electron chi connectivity index (χ4n) is 1.33. The number of hydrogen-bond acceptors (Lipinski definition) is 2. The van der Waals surface area contributed by atoms with Crippen LogP contribution in [0.15, 0.2) is 4.99 Å². The van der Waals surface area contributed by atoms with E-state index in [1.165, 1.54) is 37.8 Å². The Kier molecular flexibility index (Phi) is 3.44. The molecule has 0 spiro atoms. The van der Waals surface area contributed by atoms with Crippen LogP contribution in [0.4, 0.5) is 0 Å². The molecule has 0 aromatic rings. The predicted octanol–water partition coefficient (Wildman–Crippen LogP) is 1.38. The van der Waals surface area contributed by atoms with Crippen LogP contribution >= 0.6 is 0 Å². The lowest BCUT2D eigenvalue weighted by Crippen LogP contribution is -2.06. The third-order valence-corrected chi connectivity index (χ3v) is 1.87. The van der Waals surface area contributed by atoms with E-state index in [1.807, 2.05) is 0 Å². The fraction of sp³-hybridized carbons (Fsp3) is 0.875. The summed E-state index contributed by atoms with van der Waals surface area (Å²) in [7, 11) is 0. The lowest BCUT2D eigenvalue weighted by molar-refractivity contribution is 0.306. The van der Waals surface area contributed by atoms with Gasteiger partial charge in [0.15, 0.2) is 0 Å². The van der Waals surface area contributed by atoms with E-state index in [0.29, 0.717) is 6.54 Å². The number of nitrogens with zero attached hydrogens (tertiary/aromatic N) is 1. The van der Waals surface area contributed by atoms with Crippen LogP contribution in [0.1, 0.15) is 32.1 Å². The number of aliphatic imine (C=N–C) groups is 1. The highest BCUT2D eigenvalue weighted by molar-refractivity contribution is 5.84. The minimum atomic E-state index is 0.198. The summed E-state index contributed by atoms with van der Waals surface area (Å²) in [5.41, 5.74) is 1.32. The SMILES string of the molecule is OCCN=C1CCCCC1. The Labute approximate surface area is 62.0 Å². The number of aliphatic hydroxyl groups excluding tert-OH is 1. The van der Waals surface area contributed by atoms with Gasteiger partial charge in [-0.3, -0.25) is 4.99 Å². The van der Waals surface area contributed by atoms with Gasteiger partial charge in [0.1, 0.15) is 0 Å². The molecule has 58 valence electrons. The molecule has 0 aromatic carbocycles. The second-order valence-corrected chi connectivity index (χ2v) is 2.73. The normalized spacial score (nSPS) is 19.1. The van der Waals surface area contributed by atoms with Crippen LogP contribution in [0.5, 0.6) is 0 Å². The first-order valence-corrected chi connectivity index (χ1v) is 4.06. The standard InChI is InChI=1S/C8H15NO/c10-7-6-9-8-4-2-1-3-5-8/h10H,1-7H2. The molecule has 0 unspecified atom stereocenters. The Bertz CT molecular complexity index is 112. The van der Waals surface area contributed by atoms with Gasteiger partial charge in [0.05, 0.1) is 13.2 Å². The van der Waals surface area contributed by atoms with Gasteiger partial charge >= 0.3 is 0 Å². The molecule has 2 heteroatoms. The van der Waals surface area contributed by atoms with Gasteiger partial charge in [0, 0.05) is 5.71 Å². The average molecular weight is 141 g/mol. The number of rotatable bonds is 2. The van der Waals surface area contributed by atoms with Crippen LogP contribution in [0.25, 0.3) is 0 Å². The van der Waals surface area contributed by atoms with Crippen molar-refractivity contribution in [2.75, 3.05) is 13.2 Å². The van der Waals surface area contributed by atoms with E-state index in [4.69, 9.17) is 5.11 Å². The molecule has 0 radical (unpaired) electrons. The van der Waals surface area contributed by atoms with Crippen molar-refractivity contribution in [3.8, 4) is 0 Å². The van der Waals surface area contributed by atoms with Crippen molar-refractivity contribution < 1.29 is 5.11 Å². The minimum Gasteiger partial charge on any atom is -0.394 e. The second-order valence-electron chi connectivity index (χ2n) is 2.73. The molecule has 1 aliphatic carbocycles. The molecule has 0 aromatic heterocycles. The van der Waals surface area contributed by atoms with Gasteiger partial charge in [-0.2, -0.15) is 0 Å². The first-order valence-electron chi connectivity index (χ1n) is 4.06. The third kappa shape index (κ3) is 2.48. The van der Waals surface area contributed by atoms with E-state index in [1.54, 1.807) is 0 Å². The van der Waals surface area contributed by atoms with E-state index in [2.05, 4.69) is 4.99 Å². The number of aliphatic hydroxyl groups is 1. The molecule has 2 nitrogen and oxygen atoms in total. The summed E-state index contributed by atoms with van der Waals surface area (Å²) < 4.78 is 0. The maximum atomic E-state index is 8.49. The molecule has 1 rings (SSSR count). The van der Waals surface area contributed by atoms with Crippen molar-refractivity contribution in [2.45, 2.75) is 32.1 Å². The van der Waals surface area contributed by atoms with Crippen LogP contribution in [-0.4, -0.2) is 24.0 Å². The van der Waals surface area contributed by atoms with E-state index in [-0.39, 0.29) is 6.61 Å². The molecular formula is C8H15NO. The molecule has 0 saturated heterocycles. The zero-order valence-corrected chi connectivity index (χ0v) is 6.34. The van der Waals surface area contributed by atoms with Gasteiger partial charge in [-0.1, -0.05) is 6.42 Å². The van der Waals surface area contributed by atoms with E-state index in [9.17, 15) is 0 Å². The van der Waals surface area contributed by atoms with Crippen LogP contribution in [0.2, 0.25) is 0 Å². The van der Waals surface area contributed by atoms with Gasteiger partial charge in [-0.15, -0.1) is 0 Å². The first-order chi connectivity index (χ1) is 4.93. The topological polar surface area (TPSA) is 32.6 Å². The van der Waals surface area contributed by atoms with Gasteiger partial charge < -0.3 is 5.11 Å². The highest BCUT2D eigenvalue weighted by atomic mass is 16.3. The Hall–Kier alpha value is -0.370. The largest absolute Gasteiger partial charge is 0.394 e. The van der Waals surface area contributed by atoms with Crippen LogP contribution < -0.4 is 0 Å². The summed E-state index contributed by atoms with van der Waals surface area (Å²) in [6.07, 6.45) is 6.28. The van der Waals surface area contributed by atoms with E-state index in [0.717, 1.165) is 0 Å². The molecule has 0 aliphatic heterocycles. The van der Waals surface area contributed by atoms with Crippen molar-refractivity contribution in [3.63, 3.8) is 0 Å². The van der Waals surface area contributed by atoms with Gasteiger partial charge in [-0.05, 0) is 25.7 Å². The highest BCUT2D eigenvalue weighted by Crippen LogP contribution is 2.14. The van der Waals surface area contributed by atoms with Crippen molar-refractivity contribution >= 4 is 5.71 Å². The minimum absolute atomic E-state index is 0.198. The molecular weight excluding hydrogens is 126 g/mol. The Morgan fingerprint density at radius 1 is 1.20 bits per heavy atom. The van der Waals surface area contributed by atoms with Gasteiger partial charge in [0.2, 0.25) is 0 Å². The molecule has 0 amide bonds. The highest BCUT2D eigenvalue weighted by Gasteiger charge is 2.04. The Morgan fingerprint density at radius 2 is 1.90 bits per heavy atom. The summed E-state index contributed by atoms with van der Waals surface area (Å²) >= 11 is 0. The molecule has 0 atom stereocenters. The summed E-state index contributed by atoms with van der Waals surface area (Å²) in [6, 6.07) is 0. The van der Waals surface area contributed by atoms with Crippen molar-refractivity contribution in [1.82, 2.24) is 0 Å². The van der Waals surface area contributed by atoms with Gasteiger partial charge in [-0.25, -0.2) is 0 Å². The summed E-state index contributed by atoms with van der Waals surface area (Å²) in [6.45, 7) is 0.804.